The van der Waals surface area contributed by atoms with Gasteiger partial charge in [0.25, 0.3) is 0 Å². The van der Waals surface area contributed by atoms with Crippen LogP contribution in [0.25, 0.3) is 0 Å². The maximum Gasteiger partial charge on any atom is 0.233 e. The Morgan fingerprint density at radius 1 is 1.00 bits per heavy atom. The second-order valence-electron chi connectivity index (χ2n) is 5.21. The van der Waals surface area contributed by atoms with Crippen LogP contribution in [0, 0.1) is 12.3 Å². The summed E-state index contributed by atoms with van der Waals surface area (Å²) >= 11 is 11.8. The number of ether oxygens (including phenoxy) is 1. The van der Waals surface area contributed by atoms with Crippen LogP contribution in [0.3, 0.4) is 0 Å². The Morgan fingerprint density at radius 3 is 2.50 bits per heavy atom. The van der Waals surface area contributed by atoms with Gasteiger partial charge in [0.1, 0.15) is 5.75 Å². The van der Waals surface area contributed by atoms with Gasteiger partial charge in [-0.2, -0.15) is 4.98 Å². The average Bonchev–Trinajstić information content (AvgIpc) is 2.58. The molecule has 3 aromatic rings. The molecule has 0 saturated carbocycles. The smallest absolute Gasteiger partial charge is 0.233 e. The van der Waals surface area contributed by atoms with Gasteiger partial charge in [-0.25, -0.2) is 4.98 Å². The number of benzene rings is 1. The standard InChI is InChI=1S/C17H14Cl2N6O/c1-10-8-15(26-12-4-6-21-7-5-12)24-17(22-10)25-16(20)23-11-2-3-13(18)14(19)9-11/h2-9H,1H3,(H3,20,22,23,24,25). The normalized spacial score (nSPS) is 10.3. The molecule has 2 heterocycles. The molecule has 132 valence electrons. The van der Waals surface area contributed by atoms with Crippen LogP contribution in [0.4, 0.5) is 11.6 Å². The van der Waals surface area contributed by atoms with E-state index in [-0.39, 0.29) is 11.9 Å². The van der Waals surface area contributed by atoms with Gasteiger partial charge in [-0.3, -0.25) is 15.7 Å². The number of hydrogen-bond acceptors (Lipinski definition) is 5. The largest absolute Gasteiger partial charge is 0.439 e. The molecule has 0 fully saturated rings. The zero-order valence-electron chi connectivity index (χ0n) is 13.6. The van der Waals surface area contributed by atoms with Crippen LogP contribution >= 0.6 is 23.2 Å². The molecule has 1 aromatic carbocycles. The molecule has 9 heteroatoms. The average molecular weight is 389 g/mol. The molecule has 0 aliphatic heterocycles. The van der Waals surface area contributed by atoms with E-state index >= 15 is 0 Å². The number of anilines is 2. The van der Waals surface area contributed by atoms with E-state index in [0.29, 0.717) is 33.1 Å². The van der Waals surface area contributed by atoms with Crippen LogP contribution in [-0.2, 0) is 0 Å². The van der Waals surface area contributed by atoms with E-state index in [1.165, 1.54) is 0 Å². The molecule has 0 spiro atoms. The molecule has 3 rings (SSSR count). The molecule has 2 aromatic heterocycles. The highest BCUT2D eigenvalue weighted by Crippen LogP contribution is 2.25. The van der Waals surface area contributed by atoms with Crippen molar-refractivity contribution >= 4 is 40.8 Å². The van der Waals surface area contributed by atoms with Crippen molar-refractivity contribution in [3.8, 4) is 11.6 Å². The lowest BCUT2D eigenvalue weighted by atomic mass is 10.3. The zero-order chi connectivity index (χ0) is 18.5. The van der Waals surface area contributed by atoms with E-state index in [4.69, 9.17) is 33.3 Å². The van der Waals surface area contributed by atoms with E-state index in [2.05, 4.69) is 25.6 Å². The molecule has 0 atom stereocenters. The molecule has 3 N–H and O–H groups in total. The lowest BCUT2D eigenvalue weighted by Crippen LogP contribution is -2.22. The van der Waals surface area contributed by atoms with Crippen molar-refractivity contribution in [2.24, 2.45) is 0 Å². The molecule has 0 aliphatic carbocycles. The van der Waals surface area contributed by atoms with Crippen LogP contribution in [0.5, 0.6) is 11.6 Å². The summed E-state index contributed by atoms with van der Waals surface area (Å²) < 4.78 is 5.67. The maximum atomic E-state index is 8.02. The Labute approximate surface area is 159 Å². The Kier molecular flexibility index (Phi) is 5.50. The van der Waals surface area contributed by atoms with E-state index in [1.54, 1.807) is 48.8 Å². The SMILES string of the molecule is Cc1cc(Oc2ccncc2)nc(NC(=N)Nc2ccc(Cl)c(Cl)c2)n1. The summed E-state index contributed by atoms with van der Waals surface area (Å²) in [5, 5.41) is 14.5. The molecule has 0 bridgehead atoms. The number of aromatic nitrogens is 3. The van der Waals surface area contributed by atoms with Crippen LogP contribution in [-0.4, -0.2) is 20.9 Å². The summed E-state index contributed by atoms with van der Waals surface area (Å²) in [5.41, 5.74) is 1.30. The van der Waals surface area contributed by atoms with Crippen molar-refractivity contribution in [1.29, 1.82) is 5.41 Å². The molecule has 0 saturated heterocycles. The van der Waals surface area contributed by atoms with Crippen molar-refractivity contribution in [3.63, 3.8) is 0 Å². The van der Waals surface area contributed by atoms with Gasteiger partial charge in [-0.1, -0.05) is 23.2 Å². The highest BCUT2D eigenvalue weighted by molar-refractivity contribution is 6.42. The van der Waals surface area contributed by atoms with Gasteiger partial charge in [0.2, 0.25) is 11.8 Å². The van der Waals surface area contributed by atoms with Crippen LogP contribution in [0.2, 0.25) is 10.0 Å². The number of nitrogens with one attached hydrogen (secondary N) is 3. The first-order chi connectivity index (χ1) is 12.5. The minimum absolute atomic E-state index is 0.0242. The lowest BCUT2D eigenvalue weighted by molar-refractivity contribution is 0.461. The summed E-state index contributed by atoms with van der Waals surface area (Å²) in [5.74, 6) is 1.16. The van der Waals surface area contributed by atoms with Gasteiger partial charge < -0.3 is 10.1 Å². The van der Waals surface area contributed by atoms with E-state index < -0.39 is 0 Å². The van der Waals surface area contributed by atoms with Gasteiger partial charge in [0.15, 0.2) is 5.96 Å². The molecule has 0 amide bonds. The minimum Gasteiger partial charge on any atom is -0.439 e. The van der Waals surface area contributed by atoms with Crippen LogP contribution < -0.4 is 15.4 Å². The number of halogens is 2. The van der Waals surface area contributed by atoms with Crippen LogP contribution in [0.15, 0.2) is 48.8 Å². The molecular formula is C17H14Cl2N6O. The molecule has 26 heavy (non-hydrogen) atoms. The Morgan fingerprint density at radius 2 is 1.77 bits per heavy atom. The number of hydrogen-bond donors (Lipinski definition) is 3. The molecule has 0 aliphatic rings. The summed E-state index contributed by atoms with van der Waals surface area (Å²) in [7, 11) is 0. The molecule has 0 radical (unpaired) electrons. The van der Waals surface area contributed by atoms with E-state index in [9.17, 15) is 0 Å². The number of guanidine groups is 1. The predicted molar refractivity (Wildman–Crippen MR) is 103 cm³/mol. The van der Waals surface area contributed by atoms with Crippen molar-refractivity contribution in [1.82, 2.24) is 15.0 Å². The quantitative estimate of drug-likeness (QED) is 0.441. The summed E-state index contributed by atoms with van der Waals surface area (Å²) in [6, 6.07) is 10.1. The first-order valence-electron chi connectivity index (χ1n) is 7.51. The third kappa shape index (κ3) is 4.81. The monoisotopic (exact) mass is 388 g/mol. The predicted octanol–water partition coefficient (Wildman–Crippen LogP) is 4.74. The fourth-order valence-corrected chi connectivity index (χ4v) is 2.33. The molecule has 0 unspecified atom stereocenters. The fraction of sp³-hybridized carbons (Fsp3) is 0.0588. The molecular weight excluding hydrogens is 375 g/mol. The van der Waals surface area contributed by atoms with Gasteiger partial charge >= 0.3 is 0 Å². The summed E-state index contributed by atoms with van der Waals surface area (Å²) in [6.07, 6.45) is 3.25. The topological polar surface area (TPSA) is 95.8 Å². The second-order valence-corrected chi connectivity index (χ2v) is 6.02. The van der Waals surface area contributed by atoms with Gasteiger partial charge in [0, 0.05) is 29.8 Å². The van der Waals surface area contributed by atoms with Crippen molar-refractivity contribution < 1.29 is 4.74 Å². The molecule has 7 nitrogen and oxygen atoms in total. The van der Waals surface area contributed by atoms with E-state index in [1.807, 2.05) is 6.92 Å². The fourth-order valence-electron chi connectivity index (χ4n) is 2.04. The minimum atomic E-state index is -0.0242. The second kappa shape index (κ2) is 7.99. The number of aryl methyl sites for hydroxylation is 1. The van der Waals surface area contributed by atoms with Gasteiger partial charge in [0.05, 0.1) is 10.0 Å². The third-order valence-electron chi connectivity index (χ3n) is 3.13. The van der Waals surface area contributed by atoms with Crippen molar-refractivity contribution in [2.45, 2.75) is 6.92 Å². The maximum absolute atomic E-state index is 8.02. The van der Waals surface area contributed by atoms with Crippen molar-refractivity contribution in [2.75, 3.05) is 10.6 Å². The van der Waals surface area contributed by atoms with Gasteiger partial charge in [-0.05, 0) is 37.3 Å². The highest BCUT2D eigenvalue weighted by Gasteiger charge is 2.07. The number of rotatable bonds is 4. The number of nitrogens with zero attached hydrogens (tertiary/aromatic N) is 3. The summed E-state index contributed by atoms with van der Waals surface area (Å²) in [6.45, 7) is 1.81. The first-order valence-corrected chi connectivity index (χ1v) is 8.26. The van der Waals surface area contributed by atoms with Gasteiger partial charge in [-0.15, -0.1) is 0 Å². The lowest BCUT2D eigenvalue weighted by Gasteiger charge is -2.11. The Hall–Kier alpha value is -2.90. The van der Waals surface area contributed by atoms with Crippen molar-refractivity contribution in [3.05, 3.63) is 64.5 Å². The summed E-state index contributed by atoms with van der Waals surface area (Å²) in [4.78, 5) is 12.4. The zero-order valence-corrected chi connectivity index (χ0v) is 15.1. The Bertz CT molecular complexity index is 936. The Balaban J connectivity index is 1.70. The van der Waals surface area contributed by atoms with E-state index in [0.717, 1.165) is 0 Å². The first kappa shape index (κ1) is 17.9. The highest BCUT2D eigenvalue weighted by atomic mass is 35.5. The number of pyridine rings is 1. The van der Waals surface area contributed by atoms with Crippen LogP contribution in [0.1, 0.15) is 5.69 Å². The third-order valence-corrected chi connectivity index (χ3v) is 3.87.